The molecule has 1 aliphatic rings. The molecule has 28 heavy (non-hydrogen) atoms. The number of benzene rings is 1. The van der Waals surface area contributed by atoms with Gasteiger partial charge in [0.25, 0.3) is 0 Å². The first-order valence-electron chi connectivity index (χ1n) is 9.84. The van der Waals surface area contributed by atoms with Crippen LogP contribution in [0.25, 0.3) is 10.9 Å². The number of pyridine rings is 1. The predicted molar refractivity (Wildman–Crippen MR) is 110 cm³/mol. The first-order valence-corrected chi connectivity index (χ1v) is 9.84. The summed E-state index contributed by atoms with van der Waals surface area (Å²) < 4.78 is 7.16. The van der Waals surface area contributed by atoms with E-state index in [1.54, 1.807) is 6.20 Å². The fourth-order valence-corrected chi connectivity index (χ4v) is 4.10. The highest BCUT2D eigenvalue weighted by Gasteiger charge is 2.28. The Labute approximate surface area is 165 Å². The molecule has 2 aromatic heterocycles. The van der Waals surface area contributed by atoms with Crippen LogP contribution in [0.4, 0.5) is 5.69 Å². The van der Waals surface area contributed by atoms with E-state index in [1.165, 1.54) is 5.56 Å². The Kier molecular flexibility index (Phi) is 5.03. The molecular formula is C22H26N4O2. The van der Waals surface area contributed by atoms with Crippen LogP contribution < -0.4 is 4.90 Å². The second-order valence-corrected chi connectivity index (χ2v) is 7.59. The van der Waals surface area contributed by atoms with Crippen molar-refractivity contribution in [2.24, 2.45) is 13.0 Å². The smallest absolute Gasteiger partial charge is 0.341 e. The van der Waals surface area contributed by atoms with Crippen molar-refractivity contribution >= 4 is 22.6 Å². The van der Waals surface area contributed by atoms with Gasteiger partial charge in [-0.15, -0.1) is 0 Å². The molecule has 1 aromatic carbocycles. The third-order valence-electron chi connectivity index (χ3n) is 5.38. The van der Waals surface area contributed by atoms with Crippen LogP contribution in [0, 0.1) is 12.8 Å². The summed E-state index contributed by atoms with van der Waals surface area (Å²) in [5, 5.41) is 5.30. The number of carbonyl (C=O) groups is 1. The molecule has 0 N–H and O–H groups in total. The van der Waals surface area contributed by atoms with Gasteiger partial charge < -0.3 is 9.64 Å². The lowest BCUT2D eigenvalue weighted by molar-refractivity contribution is 0.0527. The van der Waals surface area contributed by atoms with Crippen LogP contribution in [0.2, 0.25) is 0 Å². The summed E-state index contributed by atoms with van der Waals surface area (Å²) in [6, 6.07) is 6.19. The molecule has 1 aliphatic heterocycles. The van der Waals surface area contributed by atoms with E-state index >= 15 is 0 Å². The summed E-state index contributed by atoms with van der Waals surface area (Å²) in [4.78, 5) is 19.5. The minimum atomic E-state index is -0.302. The van der Waals surface area contributed by atoms with Gasteiger partial charge in [0, 0.05) is 37.9 Å². The Bertz CT molecular complexity index is 1010. The second kappa shape index (κ2) is 7.62. The number of aromatic nitrogens is 3. The molecule has 0 aliphatic carbocycles. The summed E-state index contributed by atoms with van der Waals surface area (Å²) >= 11 is 0. The monoisotopic (exact) mass is 378 g/mol. The van der Waals surface area contributed by atoms with Crippen molar-refractivity contribution in [3.63, 3.8) is 0 Å². The van der Waals surface area contributed by atoms with Crippen molar-refractivity contribution < 1.29 is 9.53 Å². The lowest BCUT2D eigenvalue weighted by atomic mass is 10.0. The third-order valence-corrected chi connectivity index (χ3v) is 5.38. The fraction of sp³-hybridized carbons (Fsp3) is 0.409. The number of esters is 1. The minimum absolute atomic E-state index is 0.302. The molecule has 3 aromatic rings. The van der Waals surface area contributed by atoms with E-state index in [-0.39, 0.29) is 5.97 Å². The molecule has 0 radical (unpaired) electrons. The maximum absolute atomic E-state index is 12.6. The van der Waals surface area contributed by atoms with Gasteiger partial charge in [0.2, 0.25) is 0 Å². The number of fused-ring (bicyclic) bond motifs is 1. The van der Waals surface area contributed by atoms with E-state index in [0.717, 1.165) is 48.1 Å². The quantitative estimate of drug-likeness (QED) is 0.636. The number of anilines is 1. The first kappa shape index (κ1) is 18.5. The van der Waals surface area contributed by atoms with Gasteiger partial charge in [0.15, 0.2) is 0 Å². The van der Waals surface area contributed by atoms with Crippen molar-refractivity contribution in [1.29, 1.82) is 0 Å². The van der Waals surface area contributed by atoms with E-state index in [4.69, 9.17) is 4.74 Å². The summed E-state index contributed by atoms with van der Waals surface area (Å²) in [6.07, 6.45) is 7.78. The SMILES string of the molecule is CCOC(=O)c1cnc2ccc(C)cc2c1N1CCC(Cc2cnn(C)c2)C1. The van der Waals surface area contributed by atoms with Crippen molar-refractivity contribution in [2.45, 2.75) is 26.7 Å². The number of hydrogen-bond acceptors (Lipinski definition) is 5. The number of carbonyl (C=O) groups excluding carboxylic acids is 1. The third kappa shape index (κ3) is 3.59. The standard InChI is InChI=1S/C22H26N4O2/c1-4-28-22(27)19-12-23-20-6-5-15(2)9-18(20)21(19)26-8-7-16(14-26)10-17-11-24-25(3)13-17/h5-6,9,11-13,16H,4,7-8,10,14H2,1-3H3. The highest BCUT2D eigenvalue weighted by atomic mass is 16.5. The molecule has 0 saturated carbocycles. The zero-order chi connectivity index (χ0) is 19.7. The van der Waals surface area contributed by atoms with Crippen LogP contribution >= 0.6 is 0 Å². The van der Waals surface area contributed by atoms with E-state index < -0.39 is 0 Å². The van der Waals surface area contributed by atoms with Crippen LogP contribution in [-0.2, 0) is 18.2 Å². The van der Waals surface area contributed by atoms with Crippen molar-refractivity contribution in [3.8, 4) is 0 Å². The maximum Gasteiger partial charge on any atom is 0.341 e. The zero-order valence-electron chi connectivity index (χ0n) is 16.7. The zero-order valence-corrected chi connectivity index (χ0v) is 16.7. The second-order valence-electron chi connectivity index (χ2n) is 7.59. The van der Waals surface area contributed by atoms with Crippen molar-refractivity contribution in [3.05, 3.63) is 53.5 Å². The number of hydrogen-bond donors (Lipinski definition) is 0. The van der Waals surface area contributed by atoms with Gasteiger partial charge in [-0.1, -0.05) is 11.6 Å². The van der Waals surface area contributed by atoms with E-state index in [9.17, 15) is 4.79 Å². The summed E-state index contributed by atoms with van der Waals surface area (Å²) in [5.74, 6) is 0.233. The largest absolute Gasteiger partial charge is 0.462 e. The van der Waals surface area contributed by atoms with Gasteiger partial charge in [-0.25, -0.2) is 4.79 Å². The molecule has 0 spiro atoms. The number of aryl methyl sites for hydroxylation is 2. The van der Waals surface area contributed by atoms with Crippen LogP contribution in [0.1, 0.15) is 34.8 Å². The number of rotatable bonds is 5. The summed E-state index contributed by atoms with van der Waals surface area (Å²) in [5.41, 5.74) is 4.84. The molecule has 4 rings (SSSR count). The topological polar surface area (TPSA) is 60.2 Å². The van der Waals surface area contributed by atoms with Gasteiger partial charge in [-0.2, -0.15) is 5.10 Å². The minimum Gasteiger partial charge on any atom is -0.462 e. The van der Waals surface area contributed by atoms with Crippen LogP contribution in [0.5, 0.6) is 0 Å². The van der Waals surface area contributed by atoms with E-state index in [2.05, 4.69) is 40.2 Å². The highest BCUT2D eigenvalue weighted by Crippen LogP contribution is 2.35. The first-order chi connectivity index (χ1) is 13.5. The van der Waals surface area contributed by atoms with Gasteiger partial charge in [-0.05, 0) is 50.3 Å². The highest BCUT2D eigenvalue weighted by molar-refractivity contribution is 6.05. The predicted octanol–water partition coefficient (Wildman–Crippen LogP) is 3.52. The molecular weight excluding hydrogens is 352 g/mol. The molecule has 0 bridgehead atoms. The van der Waals surface area contributed by atoms with Gasteiger partial charge in [0.1, 0.15) is 5.56 Å². The molecule has 1 atom stereocenters. The summed E-state index contributed by atoms with van der Waals surface area (Å²) in [7, 11) is 1.95. The molecule has 0 amide bonds. The van der Waals surface area contributed by atoms with E-state index in [0.29, 0.717) is 18.1 Å². The Hall–Kier alpha value is -2.89. The van der Waals surface area contributed by atoms with Crippen LogP contribution in [-0.4, -0.2) is 40.4 Å². The van der Waals surface area contributed by atoms with E-state index in [1.807, 2.05) is 30.9 Å². The molecule has 3 heterocycles. The lowest BCUT2D eigenvalue weighted by Crippen LogP contribution is -2.24. The maximum atomic E-state index is 12.6. The van der Waals surface area contributed by atoms with Crippen molar-refractivity contribution in [1.82, 2.24) is 14.8 Å². The van der Waals surface area contributed by atoms with Crippen molar-refractivity contribution in [2.75, 3.05) is 24.6 Å². The molecule has 1 saturated heterocycles. The molecule has 1 unspecified atom stereocenters. The Balaban J connectivity index is 1.68. The molecule has 6 heteroatoms. The Morgan fingerprint density at radius 1 is 1.32 bits per heavy atom. The molecule has 146 valence electrons. The van der Waals surface area contributed by atoms with Gasteiger partial charge in [0.05, 0.1) is 24.0 Å². The number of ether oxygens (including phenoxy) is 1. The van der Waals surface area contributed by atoms with Gasteiger partial charge in [-0.3, -0.25) is 9.67 Å². The average Bonchev–Trinajstić information content (AvgIpc) is 3.30. The fourth-order valence-electron chi connectivity index (χ4n) is 4.10. The molecule has 1 fully saturated rings. The number of nitrogens with zero attached hydrogens (tertiary/aromatic N) is 4. The Morgan fingerprint density at radius 3 is 2.93 bits per heavy atom. The molecule has 6 nitrogen and oxygen atoms in total. The lowest BCUT2D eigenvalue weighted by Gasteiger charge is -2.23. The van der Waals surface area contributed by atoms with Crippen LogP contribution in [0.15, 0.2) is 36.8 Å². The van der Waals surface area contributed by atoms with Gasteiger partial charge >= 0.3 is 5.97 Å². The normalized spacial score (nSPS) is 16.7. The average molecular weight is 378 g/mol. The Morgan fingerprint density at radius 2 is 2.18 bits per heavy atom. The summed E-state index contributed by atoms with van der Waals surface area (Å²) in [6.45, 7) is 6.08. The van der Waals surface area contributed by atoms with Crippen LogP contribution in [0.3, 0.4) is 0 Å².